The molecule has 0 aliphatic carbocycles. The summed E-state index contributed by atoms with van der Waals surface area (Å²) in [5, 5.41) is 20.2. The number of nitrogens with one attached hydrogen (secondary N) is 1. The van der Waals surface area contributed by atoms with Gasteiger partial charge in [-0.2, -0.15) is 5.10 Å². The van der Waals surface area contributed by atoms with Crippen LogP contribution in [0.2, 0.25) is 0 Å². The molecule has 3 aromatic carbocycles. The molecule has 3 heterocycles. The first-order valence-electron chi connectivity index (χ1n) is 14.8. The molecule has 0 unspecified atom stereocenters. The molecule has 2 amide bonds. The van der Waals surface area contributed by atoms with Gasteiger partial charge in [0.2, 0.25) is 0 Å². The minimum Gasteiger partial charge on any atom is -0.495 e. The Hall–Kier alpha value is -5.21. The van der Waals surface area contributed by atoms with E-state index in [4.69, 9.17) is 19.3 Å². The molecule has 0 saturated heterocycles. The number of hydrazone groups is 1. The molecule has 5 aromatic rings. The highest BCUT2D eigenvalue weighted by Gasteiger charge is 2.36. The highest BCUT2D eigenvalue weighted by atomic mass is 32.2. The molecule has 0 radical (unpaired) electrons. The molecule has 1 aliphatic heterocycles. The normalized spacial score (nSPS) is 14.0. The number of benzene rings is 3. The van der Waals surface area contributed by atoms with E-state index in [2.05, 4.69) is 15.5 Å². The van der Waals surface area contributed by atoms with E-state index in [-0.39, 0.29) is 23.8 Å². The van der Waals surface area contributed by atoms with Gasteiger partial charge in [0, 0.05) is 17.5 Å². The fourth-order valence-corrected chi connectivity index (χ4v) is 6.93. The summed E-state index contributed by atoms with van der Waals surface area (Å²) in [6, 6.07) is 21.8. The molecule has 1 atom stereocenters. The van der Waals surface area contributed by atoms with Gasteiger partial charge in [-0.15, -0.1) is 21.5 Å². The Morgan fingerprint density at radius 3 is 2.50 bits per heavy atom. The summed E-state index contributed by atoms with van der Waals surface area (Å²) in [5.41, 5.74) is 2.37. The van der Waals surface area contributed by atoms with Crippen molar-refractivity contribution in [2.45, 2.75) is 24.2 Å². The quantitative estimate of drug-likeness (QED) is 0.161. The number of ether oxygens (including phenoxy) is 3. The van der Waals surface area contributed by atoms with Crippen LogP contribution in [-0.2, 0) is 11.3 Å². The molecule has 2 aromatic heterocycles. The molecule has 6 rings (SSSR count). The van der Waals surface area contributed by atoms with E-state index in [9.17, 15) is 14.0 Å². The highest BCUT2D eigenvalue weighted by Crippen LogP contribution is 2.42. The molecule has 0 bridgehead atoms. The molecule has 246 valence electrons. The van der Waals surface area contributed by atoms with E-state index >= 15 is 0 Å². The number of para-hydroxylation sites is 3. The Bertz CT molecular complexity index is 1970. The summed E-state index contributed by atoms with van der Waals surface area (Å²) in [7, 11) is 4.69. The van der Waals surface area contributed by atoms with Crippen molar-refractivity contribution < 1.29 is 28.2 Å². The van der Waals surface area contributed by atoms with E-state index in [1.54, 1.807) is 43.3 Å². The van der Waals surface area contributed by atoms with Crippen molar-refractivity contribution >= 4 is 40.6 Å². The number of methoxy groups -OCH3 is 3. The number of rotatable bonds is 12. The number of halogens is 1. The number of hydrogen-bond acceptors (Lipinski definition) is 10. The molecule has 0 saturated carbocycles. The second-order valence-electron chi connectivity index (χ2n) is 10.5. The van der Waals surface area contributed by atoms with Crippen LogP contribution in [0.25, 0.3) is 5.69 Å². The molecule has 11 nitrogen and oxygen atoms in total. The minimum absolute atomic E-state index is 0.0206. The molecule has 1 aliphatic rings. The fourth-order valence-electron chi connectivity index (χ4n) is 5.40. The van der Waals surface area contributed by atoms with Gasteiger partial charge in [0.15, 0.2) is 22.5 Å². The van der Waals surface area contributed by atoms with Crippen LogP contribution in [0.5, 0.6) is 17.2 Å². The lowest BCUT2D eigenvalue weighted by molar-refractivity contribution is -0.130. The number of carbonyl (C=O) groups excluding carboxylic acids is 2. The number of aromatic nitrogens is 3. The van der Waals surface area contributed by atoms with Crippen molar-refractivity contribution in [1.29, 1.82) is 0 Å². The van der Waals surface area contributed by atoms with Gasteiger partial charge < -0.3 is 19.5 Å². The first-order chi connectivity index (χ1) is 23.4. The standard InChI is InChI=1S/C34H31FN6O5S2/c1-44-27-13-5-4-12-25(27)40-30(19-36-33(43)21-9-6-10-22(35)17-21)37-38-34(40)48-20-31(42)41-26(18-24(39-41)29-15-8-16-47-29)23-11-7-14-28(45-2)32(23)46-3/h4-17,26H,18-20H2,1-3H3,(H,36,43)/t26-/m0/s1. The zero-order chi connectivity index (χ0) is 33.6. The lowest BCUT2D eigenvalue weighted by atomic mass is 9.99. The zero-order valence-corrected chi connectivity index (χ0v) is 27.9. The lowest BCUT2D eigenvalue weighted by Gasteiger charge is -2.24. The molecule has 0 spiro atoms. The van der Waals surface area contributed by atoms with Crippen molar-refractivity contribution in [3.63, 3.8) is 0 Å². The number of thioether (sulfide) groups is 1. The number of hydrogen-bond donors (Lipinski definition) is 1. The second kappa shape index (κ2) is 14.7. The summed E-state index contributed by atoms with van der Waals surface area (Å²) in [6.45, 7) is -0.0206. The number of nitrogens with zero attached hydrogens (tertiary/aromatic N) is 5. The van der Waals surface area contributed by atoms with Gasteiger partial charge in [-0.05, 0) is 47.8 Å². The third-order valence-electron chi connectivity index (χ3n) is 7.61. The summed E-state index contributed by atoms with van der Waals surface area (Å²) in [5.74, 6) is 0.767. The highest BCUT2D eigenvalue weighted by molar-refractivity contribution is 7.99. The first kappa shape index (κ1) is 32.7. The van der Waals surface area contributed by atoms with E-state index in [1.807, 2.05) is 53.9 Å². The number of thiophene rings is 1. The summed E-state index contributed by atoms with van der Waals surface area (Å²) in [6.07, 6.45) is 0.493. The van der Waals surface area contributed by atoms with Crippen molar-refractivity contribution in [3.05, 3.63) is 112 Å². The Morgan fingerprint density at radius 1 is 0.958 bits per heavy atom. The molecule has 1 N–H and O–H groups in total. The molecule has 14 heteroatoms. The molecular weight excluding hydrogens is 656 g/mol. The van der Waals surface area contributed by atoms with Gasteiger partial charge in [0.25, 0.3) is 11.8 Å². The fraction of sp³-hybridized carbons (Fsp3) is 0.206. The van der Waals surface area contributed by atoms with E-state index in [1.165, 1.54) is 35.0 Å². The van der Waals surface area contributed by atoms with Crippen LogP contribution in [0.15, 0.2) is 94.5 Å². The van der Waals surface area contributed by atoms with Gasteiger partial charge >= 0.3 is 0 Å². The van der Waals surface area contributed by atoms with E-state index in [0.29, 0.717) is 40.3 Å². The summed E-state index contributed by atoms with van der Waals surface area (Å²) >= 11 is 2.74. The predicted molar refractivity (Wildman–Crippen MR) is 181 cm³/mol. The Labute approximate surface area is 284 Å². The zero-order valence-electron chi connectivity index (χ0n) is 26.3. The maximum absolute atomic E-state index is 14.0. The van der Waals surface area contributed by atoms with E-state index in [0.717, 1.165) is 22.2 Å². The Kier molecular flexibility index (Phi) is 10.0. The lowest BCUT2D eigenvalue weighted by Crippen LogP contribution is -2.29. The van der Waals surface area contributed by atoms with Crippen LogP contribution in [0.1, 0.15) is 39.1 Å². The van der Waals surface area contributed by atoms with Crippen LogP contribution in [-0.4, -0.2) is 64.4 Å². The predicted octanol–water partition coefficient (Wildman–Crippen LogP) is 5.89. The Balaban J connectivity index is 1.28. The summed E-state index contributed by atoms with van der Waals surface area (Å²) in [4.78, 5) is 27.8. The average molecular weight is 687 g/mol. The smallest absolute Gasteiger partial charge is 0.253 e. The first-order valence-corrected chi connectivity index (χ1v) is 16.7. The van der Waals surface area contributed by atoms with Crippen LogP contribution >= 0.6 is 23.1 Å². The molecule has 0 fully saturated rings. The molecule has 48 heavy (non-hydrogen) atoms. The third-order valence-corrected chi connectivity index (χ3v) is 9.44. The Morgan fingerprint density at radius 2 is 1.75 bits per heavy atom. The SMILES string of the molecule is COc1ccccc1-n1c(CNC(=O)c2cccc(F)c2)nnc1SCC(=O)N1N=C(c2cccs2)C[C@H]1c1cccc(OC)c1OC. The number of carbonyl (C=O) groups is 2. The van der Waals surface area contributed by atoms with Gasteiger partial charge in [0.1, 0.15) is 11.6 Å². The van der Waals surface area contributed by atoms with Crippen LogP contribution < -0.4 is 19.5 Å². The van der Waals surface area contributed by atoms with Crippen molar-refractivity contribution in [3.8, 4) is 22.9 Å². The maximum atomic E-state index is 14.0. The van der Waals surface area contributed by atoms with E-state index < -0.39 is 17.8 Å². The van der Waals surface area contributed by atoms with Crippen molar-refractivity contribution in [2.75, 3.05) is 27.1 Å². The minimum atomic E-state index is -0.514. The van der Waals surface area contributed by atoms with Gasteiger partial charge in [-0.1, -0.05) is 48.2 Å². The van der Waals surface area contributed by atoms with Crippen LogP contribution in [0, 0.1) is 5.82 Å². The maximum Gasteiger partial charge on any atom is 0.253 e. The van der Waals surface area contributed by atoms with Crippen LogP contribution in [0.3, 0.4) is 0 Å². The van der Waals surface area contributed by atoms with Gasteiger partial charge in [0.05, 0.1) is 55.9 Å². The third kappa shape index (κ3) is 6.75. The average Bonchev–Trinajstić information content (AvgIpc) is 3.89. The monoisotopic (exact) mass is 686 g/mol. The van der Waals surface area contributed by atoms with Crippen molar-refractivity contribution in [1.82, 2.24) is 25.1 Å². The van der Waals surface area contributed by atoms with Gasteiger partial charge in [-0.3, -0.25) is 14.2 Å². The van der Waals surface area contributed by atoms with Gasteiger partial charge in [-0.25, -0.2) is 9.40 Å². The second-order valence-corrected chi connectivity index (χ2v) is 12.3. The van der Waals surface area contributed by atoms with Crippen molar-refractivity contribution in [2.24, 2.45) is 5.10 Å². The van der Waals surface area contributed by atoms with Crippen LogP contribution in [0.4, 0.5) is 4.39 Å². The molecular formula is C34H31FN6O5S2. The summed E-state index contributed by atoms with van der Waals surface area (Å²) < 4.78 is 32.4. The number of amides is 2. The topological polar surface area (TPSA) is 120 Å². The largest absolute Gasteiger partial charge is 0.495 e.